The molecule has 0 saturated carbocycles. The second-order valence-corrected chi connectivity index (χ2v) is 6.29. The molecule has 0 atom stereocenters. The van der Waals surface area contributed by atoms with E-state index in [0.29, 0.717) is 29.8 Å². The quantitative estimate of drug-likeness (QED) is 0.439. The minimum absolute atomic E-state index is 0.230. The average molecular weight is 357 g/mol. The van der Waals surface area contributed by atoms with Crippen LogP contribution in [0, 0.1) is 0 Å². The summed E-state index contributed by atoms with van der Waals surface area (Å²) in [6.07, 6.45) is 1.61. The van der Waals surface area contributed by atoms with Crippen LogP contribution in [-0.4, -0.2) is 14.8 Å². The lowest BCUT2D eigenvalue weighted by Gasteiger charge is -2.20. The maximum Gasteiger partial charge on any atom is 0.293 e. The standard InChI is InChI=1S/C21H19N5O/c22-25(14-16-8-3-1-4-9-16)20-18-12-7-13-23-19(18)21(27)26(24-20)15-17-10-5-2-6-11-17/h1-13H,14-15,22H2. The predicted octanol–water partition coefficient (Wildman–Crippen LogP) is 2.72. The SMILES string of the molecule is NN(Cc1ccccc1)c1nn(Cc2ccccc2)c(=O)c2ncccc12. The Morgan fingerprint density at radius 2 is 1.56 bits per heavy atom. The lowest BCUT2D eigenvalue weighted by atomic mass is 10.2. The highest BCUT2D eigenvalue weighted by Crippen LogP contribution is 2.20. The molecule has 0 spiro atoms. The maximum atomic E-state index is 12.8. The van der Waals surface area contributed by atoms with Crippen molar-refractivity contribution in [3.8, 4) is 0 Å². The van der Waals surface area contributed by atoms with Crippen molar-refractivity contribution < 1.29 is 0 Å². The van der Waals surface area contributed by atoms with E-state index in [1.807, 2.05) is 66.7 Å². The molecule has 0 radical (unpaired) electrons. The summed E-state index contributed by atoms with van der Waals surface area (Å²) in [5.41, 5.74) is 2.17. The van der Waals surface area contributed by atoms with Gasteiger partial charge in [0.2, 0.25) is 0 Å². The van der Waals surface area contributed by atoms with Gasteiger partial charge >= 0.3 is 0 Å². The minimum Gasteiger partial charge on any atom is -0.288 e. The molecule has 6 heteroatoms. The molecular weight excluding hydrogens is 338 g/mol. The molecule has 4 aromatic rings. The Balaban J connectivity index is 1.79. The molecule has 0 aliphatic carbocycles. The van der Waals surface area contributed by atoms with Crippen LogP contribution in [0.4, 0.5) is 5.82 Å². The van der Waals surface area contributed by atoms with Crippen molar-refractivity contribution in [2.45, 2.75) is 13.1 Å². The number of hydrogen-bond acceptors (Lipinski definition) is 5. The topological polar surface area (TPSA) is 77.0 Å². The van der Waals surface area contributed by atoms with E-state index < -0.39 is 0 Å². The van der Waals surface area contributed by atoms with Gasteiger partial charge in [-0.2, -0.15) is 0 Å². The first-order chi connectivity index (χ1) is 13.2. The van der Waals surface area contributed by atoms with Crippen molar-refractivity contribution in [2.24, 2.45) is 5.84 Å². The smallest absolute Gasteiger partial charge is 0.288 e. The second-order valence-electron chi connectivity index (χ2n) is 6.29. The largest absolute Gasteiger partial charge is 0.293 e. The summed E-state index contributed by atoms with van der Waals surface area (Å²) in [7, 11) is 0. The van der Waals surface area contributed by atoms with Crippen LogP contribution in [0.1, 0.15) is 11.1 Å². The van der Waals surface area contributed by atoms with Gasteiger partial charge < -0.3 is 0 Å². The normalized spacial score (nSPS) is 10.9. The van der Waals surface area contributed by atoms with Crippen molar-refractivity contribution in [3.63, 3.8) is 0 Å². The first-order valence-electron chi connectivity index (χ1n) is 8.68. The Morgan fingerprint density at radius 1 is 0.889 bits per heavy atom. The van der Waals surface area contributed by atoms with Gasteiger partial charge in [-0.1, -0.05) is 60.7 Å². The number of hydrogen-bond donors (Lipinski definition) is 1. The van der Waals surface area contributed by atoms with Gasteiger partial charge in [0.05, 0.1) is 18.5 Å². The Morgan fingerprint density at radius 3 is 2.26 bits per heavy atom. The number of hydrazine groups is 1. The molecule has 0 fully saturated rings. The molecule has 2 aromatic heterocycles. The van der Waals surface area contributed by atoms with Crippen molar-refractivity contribution in [2.75, 3.05) is 5.01 Å². The molecule has 6 nitrogen and oxygen atoms in total. The van der Waals surface area contributed by atoms with E-state index in [0.717, 1.165) is 11.1 Å². The molecule has 2 N–H and O–H groups in total. The fourth-order valence-corrected chi connectivity index (χ4v) is 3.02. The average Bonchev–Trinajstić information content (AvgIpc) is 2.71. The summed E-state index contributed by atoms with van der Waals surface area (Å²) in [4.78, 5) is 17.1. The number of nitrogens with two attached hydrogens (primary N) is 1. The third-order valence-corrected chi connectivity index (χ3v) is 4.34. The Kier molecular flexibility index (Phi) is 4.63. The Labute approximate surface area is 156 Å². The third-order valence-electron chi connectivity index (χ3n) is 4.34. The summed E-state index contributed by atoms with van der Waals surface area (Å²) in [6, 6.07) is 23.2. The van der Waals surface area contributed by atoms with E-state index >= 15 is 0 Å². The van der Waals surface area contributed by atoms with E-state index in [2.05, 4.69) is 10.1 Å². The third kappa shape index (κ3) is 3.56. The van der Waals surface area contributed by atoms with E-state index in [9.17, 15) is 4.79 Å². The van der Waals surface area contributed by atoms with E-state index in [1.165, 1.54) is 4.68 Å². The minimum atomic E-state index is -0.230. The van der Waals surface area contributed by atoms with Gasteiger partial charge in [-0.05, 0) is 23.3 Å². The summed E-state index contributed by atoms with van der Waals surface area (Å²) in [5, 5.41) is 6.76. The molecule has 2 aromatic carbocycles. The molecule has 0 unspecified atom stereocenters. The van der Waals surface area contributed by atoms with Gasteiger partial charge in [-0.3, -0.25) is 14.8 Å². The van der Waals surface area contributed by atoms with Crippen molar-refractivity contribution in [1.82, 2.24) is 14.8 Å². The van der Waals surface area contributed by atoms with Crippen LogP contribution in [-0.2, 0) is 13.1 Å². The van der Waals surface area contributed by atoms with Gasteiger partial charge in [0.1, 0.15) is 5.52 Å². The highest BCUT2D eigenvalue weighted by molar-refractivity contribution is 5.88. The summed E-state index contributed by atoms with van der Waals surface area (Å²) in [6.45, 7) is 0.833. The first kappa shape index (κ1) is 16.9. The zero-order valence-electron chi connectivity index (χ0n) is 14.7. The summed E-state index contributed by atoms with van der Waals surface area (Å²) in [5.74, 6) is 6.86. The van der Waals surface area contributed by atoms with E-state index in [1.54, 1.807) is 17.3 Å². The zero-order valence-corrected chi connectivity index (χ0v) is 14.7. The molecule has 27 heavy (non-hydrogen) atoms. The molecule has 0 aliphatic heterocycles. The van der Waals surface area contributed by atoms with Crippen LogP contribution in [0.3, 0.4) is 0 Å². The summed E-state index contributed by atoms with van der Waals surface area (Å²) >= 11 is 0. The van der Waals surface area contributed by atoms with Crippen LogP contribution in [0.2, 0.25) is 0 Å². The van der Waals surface area contributed by atoms with Gasteiger partial charge in [-0.15, -0.1) is 5.10 Å². The van der Waals surface area contributed by atoms with Gasteiger partial charge in [-0.25, -0.2) is 10.5 Å². The van der Waals surface area contributed by atoms with Crippen molar-refractivity contribution in [3.05, 3.63) is 100 Å². The predicted molar refractivity (Wildman–Crippen MR) is 106 cm³/mol. The number of nitrogens with zero attached hydrogens (tertiary/aromatic N) is 4. The maximum absolute atomic E-state index is 12.8. The van der Waals surface area contributed by atoms with E-state index in [4.69, 9.17) is 5.84 Å². The Bertz CT molecular complexity index is 1110. The van der Waals surface area contributed by atoms with Gasteiger partial charge in [0, 0.05) is 6.20 Å². The lowest BCUT2D eigenvalue weighted by molar-refractivity contribution is 0.635. The molecule has 0 amide bonds. The fraction of sp³-hybridized carbons (Fsp3) is 0.0952. The molecule has 0 aliphatic rings. The van der Waals surface area contributed by atoms with Gasteiger partial charge in [0.25, 0.3) is 5.56 Å². The van der Waals surface area contributed by atoms with E-state index in [-0.39, 0.29) is 5.56 Å². The number of anilines is 1. The molecule has 4 rings (SSSR count). The molecule has 134 valence electrons. The number of fused-ring (bicyclic) bond motifs is 1. The first-order valence-corrected chi connectivity index (χ1v) is 8.68. The highest BCUT2D eigenvalue weighted by atomic mass is 16.1. The molecule has 2 heterocycles. The number of aromatic nitrogens is 3. The zero-order chi connectivity index (χ0) is 18.6. The molecule has 0 saturated heterocycles. The highest BCUT2D eigenvalue weighted by Gasteiger charge is 2.15. The molecular formula is C21H19N5O. The van der Waals surface area contributed by atoms with Crippen LogP contribution in [0.5, 0.6) is 0 Å². The summed E-state index contributed by atoms with van der Waals surface area (Å²) < 4.78 is 1.42. The Hall–Kier alpha value is -3.51. The second kappa shape index (κ2) is 7.39. The van der Waals surface area contributed by atoms with Crippen LogP contribution in [0.25, 0.3) is 10.9 Å². The number of rotatable bonds is 5. The molecule has 0 bridgehead atoms. The monoisotopic (exact) mass is 357 g/mol. The lowest BCUT2D eigenvalue weighted by Crippen LogP contribution is -2.35. The van der Waals surface area contributed by atoms with Crippen molar-refractivity contribution in [1.29, 1.82) is 0 Å². The van der Waals surface area contributed by atoms with Crippen LogP contribution in [0.15, 0.2) is 83.8 Å². The van der Waals surface area contributed by atoms with Crippen LogP contribution < -0.4 is 16.4 Å². The van der Waals surface area contributed by atoms with Gasteiger partial charge in [0.15, 0.2) is 5.82 Å². The van der Waals surface area contributed by atoms with Crippen molar-refractivity contribution >= 4 is 16.7 Å². The van der Waals surface area contributed by atoms with Crippen LogP contribution >= 0.6 is 0 Å². The fourth-order valence-electron chi connectivity index (χ4n) is 3.02. The number of benzene rings is 2. The number of pyridine rings is 1.